The first-order chi connectivity index (χ1) is 10.2. The monoisotopic (exact) mass is 306 g/mol. The summed E-state index contributed by atoms with van der Waals surface area (Å²) in [6.07, 6.45) is 6.67. The molecule has 0 atom stereocenters. The van der Waals surface area contributed by atoms with Crippen molar-refractivity contribution in [3.8, 4) is 0 Å². The fraction of sp³-hybridized carbons (Fsp3) is 0.500. The van der Waals surface area contributed by atoms with Crippen LogP contribution in [-0.4, -0.2) is 34.3 Å². The van der Waals surface area contributed by atoms with E-state index in [0.717, 1.165) is 24.1 Å². The Morgan fingerprint density at radius 1 is 1.24 bits per heavy atom. The van der Waals surface area contributed by atoms with Crippen LogP contribution >= 0.6 is 11.6 Å². The molecule has 0 saturated heterocycles. The maximum atomic E-state index is 5.98. The number of nitrogens with one attached hydrogen (secondary N) is 1. The van der Waals surface area contributed by atoms with E-state index in [9.17, 15) is 0 Å². The zero-order valence-corrected chi connectivity index (χ0v) is 13.5. The lowest BCUT2D eigenvalue weighted by Gasteiger charge is -2.18. The van der Waals surface area contributed by atoms with E-state index < -0.39 is 0 Å². The van der Waals surface area contributed by atoms with Gasteiger partial charge in [0.15, 0.2) is 0 Å². The molecule has 0 spiro atoms. The predicted octanol–water partition coefficient (Wildman–Crippen LogP) is 4.78. The summed E-state index contributed by atoms with van der Waals surface area (Å²) in [6.45, 7) is 6.51. The number of aliphatic imine (C=N–C) groups is 1. The van der Waals surface area contributed by atoms with Crippen molar-refractivity contribution in [1.29, 1.82) is 0 Å². The number of rotatable bonds is 8. The number of hydrogen-bond donors (Lipinski definition) is 1. The van der Waals surface area contributed by atoms with Crippen molar-refractivity contribution < 1.29 is 0 Å². The van der Waals surface area contributed by atoms with Gasteiger partial charge in [-0.05, 0) is 31.0 Å². The SMILES string of the molecule is CCCCN(C=Nc1nc2ccc(Cl)cc2[nH]1)CCCC. The smallest absolute Gasteiger partial charge is 0.229 e. The van der Waals surface area contributed by atoms with E-state index in [1.54, 1.807) is 0 Å². The normalized spacial score (nSPS) is 11.6. The van der Waals surface area contributed by atoms with Crippen LogP contribution in [0.1, 0.15) is 39.5 Å². The first-order valence-corrected chi connectivity index (χ1v) is 8.04. The number of aromatic nitrogens is 2. The van der Waals surface area contributed by atoms with Gasteiger partial charge in [0.05, 0.1) is 17.4 Å². The Morgan fingerprint density at radius 3 is 2.62 bits per heavy atom. The topological polar surface area (TPSA) is 44.3 Å². The van der Waals surface area contributed by atoms with Crippen molar-refractivity contribution in [2.24, 2.45) is 4.99 Å². The summed E-state index contributed by atoms with van der Waals surface area (Å²) in [5, 5.41) is 0.703. The average Bonchev–Trinajstić information content (AvgIpc) is 2.88. The van der Waals surface area contributed by atoms with Gasteiger partial charge in [0.2, 0.25) is 5.95 Å². The van der Waals surface area contributed by atoms with E-state index in [1.807, 2.05) is 24.5 Å². The standard InChI is InChI=1S/C16H23ClN4/c1-3-5-9-21(10-6-4-2)12-18-16-19-14-8-7-13(17)11-15(14)20-16/h7-8,11-12H,3-6,9-10H2,1-2H3,(H,19,20). The molecule has 21 heavy (non-hydrogen) atoms. The lowest BCUT2D eigenvalue weighted by molar-refractivity contribution is 0.409. The van der Waals surface area contributed by atoms with Crippen molar-refractivity contribution in [2.45, 2.75) is 39.5 Å². The Balaban J connectivity index is 2.07. The Kier molecular flexibility index (Phi) is 6.05. The molecule has 5 heteroatoms. The summed E-state index contributed by atoms with van der Waals surface area (Å²) in [5.41, 5.74) is 1.81. The van der Waals surface area contributed by atoms with Gasteiger partial charge < -0.3 is 9.88 Å². The second-order valence-electron chi connectivity index (χ2n) is 5.21. The van der Waals surface area contributed by atoms with Gasteiger partial charge in [0, 0.05) is 18.1 Å². The Bertz CT molecular complexity index is 583. The van der Waals surface area contributed by atoms with Gasteiger partial charge in [-0.25, -0.2) is 9.98 Å². The summed E-state index contributed by atoms with van der Waals surface area (Å²) < 4.78 is 0. The second kappa shape index (κ2) is 8.03. The maximum absolute atomic E-state index is 5.98. The molecule has 2 rings (SSSR count). The van der Waals surface area contributed by atoms with Crippen molar-refractivity contribution in [2.75, 3.05) is 13.1 Å². The van der Waals surface area contributed by atoms with Crippen LogP contribution in [0, 0.1) is 0 Å². The van der Waals surface area contributed by atoms with Crippen LogP contribution in [0.5, 0.6) is 0 Å². The van der Waals surface area contributed by atoms with Gasteiger partial charge in [-0.2, -0.15) is 0 Å². The number of hydrogen-bond acceptors (Lipinski definition) is 2. The minimum Gasteiger partial charge on any atom is -0.362 e. The number of aromatic amines is 1. The van der Waals surface area contributed by atoms with Crippen LogP contribution in [0.2, 0.25) is 5.02 Å². The molecule has 1 aromatic carbocycles. The van der Waals surface area contributed by atoms with Crippen LogP contribution < -0.4 is 0 Å². The van der Waals surface area contributed by atoms with E-state index in [1.165, 1.54) is 25.7 Å². The number of benzene rings is 1. The molecule has 0 saturated carbocycles. The molecule has 114 valence electrons. The number of halogens is 1. The van der Waals surface area contributed by atoms with Crippen molar-refractivity contribution >= 4 is 34.9 Å². The van der Waals surface area contributed by atoms with Crippen LogP contribution in [-0.2, 0) is 0 Å². The van der Waals surface area contributed by atoms with E-state index in [4.69, 9.17) is 11.6 Å². The highest BCUT2D eigenvalue weighted by molar-refractivity contribution is 6.31. The molecule has 1 N–H and O–H groups in total. The van der Waals surface area contributed by atoms with Crippen molar-refractivity contribution in [3.05, 3.63) is 23.2 Å². The molecular formula is C16H23ClN4. The van der Waals surface area contributed by atoms with E-state index in [2.05, 4.69) is 33.7 Å². The average molecular weight is 307 g/mol. The Hall–Kier alpha value is -1.55. The highest BCUT2D eigenvalue weighted by Gasteiger charge is 2.03. The quantitative estimate of drug-likeness (QED) is 0.563. The largest absolute Gasteiger partial charge is 0.362 e. The molecule has 4 nitrogen and oxygen atoms in total. The van der Waals surface area contributed by atoms with Gasteiger partial charge in [-0.15, -0.1) is 0 Å². The van der Waals surface area contributed by atoms with Gasteiger partial charge in [0.25, 0.3) is 0 Å². The molecular weight excluding hydrogens is 284 g/mol. The van der Waals surface area contributed by atoms with Crippen LogP contribution in [0.15, 0.2) is 23.2 Å². The molecule has 0 aliphatic carbocycles. The van der Waals surface area contributed by atoms with Gasteiger partial charge in [-0.3, -0.25) is 0 Å². The third kappa shape index (κ3) is 4.74. The molecule has 0 aliphatic heterocycles. The summed E-state index contributed by atoms with van der Waals surface area (Å²) in [6, 6.07) is 5.61. The highest BCUT2D eigenvalue weighted by atomic mass is 35.5. The number of H-pyrrole nitrogens is 1. The van der Waals surface area contributed by atoms with E-state index in [-0.39, 0.29) is 0 Å². The van der Waals surface area contributed by atoms with Gasteiger partial charge >= 0.3 is 0 Å². The first-order valence-electron chi connectivity index (χ1n) is 7.66. The zero-order valence-electron chi connectivity index (χ0n) is 12.8. The summed E-state index contributed by atoms with van der Waals surface area (Å²) in [5.74, 6) is 0.630. The molecule has 1 heterocycles. The Labute approximate surface area is 131 Å². The predicted molar refractivity (Wildman–Crippen MR) is 90.6 cm³/mol. The molecule has 0 radical (unpaired) electrons. The van der Waals surface area contributed by atoms with Crippen LogP contribution in [0.3, 0.4) is 0 Å². The summed E-state index contributed by atoms with van der Waals surface area (Å²) >= 11 is 5.98. The van der Waals surface area contributed by atoms with Crippen molar-refractivity contribution in [1.82, 2.24) is 14.9 Å². The number of unbranched alkanes of at least 4 members (excludes halogenated alkanes) is 2. The molecule has 2 aromatic rings. The summed E-state index contributed by atoms with van der Waals surface area (Å²) in [7, 11) is 0. The number of nitrogens with zero attached hydrogens (tertiary/aromatic N) is 3. The lowest BCUT2D eigenvalue weighted by atomic mass is 10.3. The minimum atomic E-state index is 0.630. The van der Waals surface area contributed by atoms with E-state index >= 15 is 0 Å². The number of imidazole rings is 1. The minimum absolute atomic E-state index is 0.630. The highest BCUT2D eigenvalue weighted by Crippen LogP contribution is 2.20. The molecule has 0 aliphatic rings. The van der Waals surface area contributed by atoms with Crippen LogP contribution in [0.4, 0.5) is 5.95 Å². The summed E-state index contributed by atoms with van der Waals surface area (Å²) in [4.78, 5) is 14.4. The maximum Gasteiger partial charge on any atom is 0.229 e. The molecule has 0 fully saturated rings. The fourth-order valence-electron chi connectivity index (χ4n) is 2.12. The first kappa shape index (κ1) is 15.8. The van der Waals surface area contributed by atoms with Gasteiger partial charge in [-0.1, -0.05) is 38.3 Å². The second-order valence-corrected chi connectivity index (χ2v) is 5.65. The Morgan fingerprint density at radius 2 is 1.95 bits per heavy atom. The fourth-order valence-corrected chi connectivity index (χ4v) is 2.29. The molecule has 1 aromatic heterocycles. The molecule has 0 bridgehead atoms. The third-order valence-electron chi connectivity index (χ3n) is 3.37. The molecule has 0 unspecified atom stereocenters. The number of fused-ring (bicyclic) bond motifs is 1. The van der Waals surface area contributed by atoms with Gasteiger partial charge in [0.1, 0.15) is 0 Å². The third-order valence-corrected chi connectivity index (χ3v) is 3.61. The van der Waals surface area contributed by atoms with E-state index in [0.29, 0.717) is 11.0 Å². The molecule has 0 amide bonds. The van der Waals surface area contributed by atoms with Crippen LogP contribution in [0.25, 0.3) is 11.0 Å². The lowest BCUT2D eigenvalue weighted by Crippen LogP contribution is -2.24. The zero-order chi connectivity index (χ0) is 15.1. The van der Waals surface area contributed by atoms with Crippen molar-refractivity contribution in [3.63, 3.8) is 0 Å².